The maximum absolute atomic E-state index is 3.53. The SMILES string of the molecule is CCCCN[C@@H](C)CCC=C(C)C. The van der Waals surface area contributed by atoms with Gasteiger partial charge in [-0.2, -0.15) is 0 Å². The first-order chi connectivity index (χ1) is 6.16. The number of nitrogens with one attached hydrogen (secondary N) is 1. The smallest absolute Gasteiger partial charge is 0.00416 e. The lowest BCUT2D eigenvalue weighted by atomic mass is 10.1. The van der Waals surface area contributed by atoms with Crippen LogP contribution in [0.1, 0.15) is 53.4 Å². The average Bonchev–Trinajstić information content (AvgIpc) is 2.04. The van der Waals surface area contributed by atoms with Crippen LogP contribution in [0.25, 0.3) is 0 Å². The van der Waals surface area contributed by atoms with Gasteiger partial charge in [-0.25, -0.2) is 0 Å². The normalized spacial score (nSPS) is 12.6. The van der Waals surface area contributed by atoms with Crippen molar-refractivity contribution in [3.8, 4) is 0 Å². The highest BCUT2D eigenvalue weighted by Crippen LogP contribution is 2.01. The number of rotatable bonds is 7. The van der Waals surface area contributed by atoms with Crippen molar-refractivity contribution in [1.82, 2.24) is 5.32 Å². The van der Waals surface area contributed by atoms with Gasteiger partial charge >= 0.3 is 0 Å². The zero-order chi connectivity index (χ0) is 10.1. The molecule has 78 valence electrons. The average molecular weight is 183 g/mol. The van der Waals surface area contributed by atoms with Gasteiger partial charge in [-0.3, -0.25) is 0 Å². The third-order valence-electron chi connectivity index (χ3n) is 2.18. The van der Waals surface area contributed by atoms with Crippen LogP contribution in [-0.4, -0.2) is 12.6 Å². The summed E-state index contributed by atoms with van der Waals surface area (Å²) in [6.45, 7) is 10.0. The topological polar surface area (TPSA) is 12.0 Å². The van der Waals surface area contributed by atoms with E-state index in [0.29, 0.717) is 6.04 Å². The van der Waals surface area contributed by atoms with Crippen LogP contribution in [0, 0.1) is 0 Å². The number of hydrogen-bond acceptors (Lipinski definition) is 1. The van der Waals surface area contributed by atoms with E-state index in [1.54, 1.807) is 0 Å². The Morgan fingerprint density at radius 2 is 2.08 bits per heavy atom. The highest BCUT2D eigenvalue weighted by Gasteiger charge is 1.97. The van der Waals surface area contributed by atoms with Crippen LogP contribution in [0.15, 0.2) is 11.6 Å². The molecule has 0 fully saturated rings. The second-order valence-corrected chi connectivity index (χ2v) is 4.07. The van der Waals surface area contributed by atoms with Gasteiger partial charge in [0.2, 0.25) is 0 Å². The maximum atomic E-state index is 3.53. The standard InChI is InChI=1S/C12H25N/c1-5-6-10-13-12(4)9-7-8-11(2)3/h8,12-13H,5-7,9-10H2,1-4H3/t12-/m0/s1. The van der Waals surface area contributed by atoms with E-state index < -0.39 is 0 Å². The van der Waals surface area contributed by atoms with Gasteiger partial charge in [-0.15, -0.1) is 0 Å². The quantitative estimate of drug-likeness (QED) is 0.470. The van der Waals surface area contributed by atoms with Crippen molar-refractivity contribution in [2.45, 2.75) is 59.4 Å². The van der Waals surface area contributed by atoms with Gasteiger partial charge < -0.3 is 5.32 Å². The lowest BCUT2D eigenvalue weighted by Crippen LogP contribution is -2.26. The van der Waals surface area contributed by atoms with E-state index in [1.807, 2.05) is 0 Å². The predicted octanol–water partition coefficient (Wildman–Crippen LogP) is 3.51. The molecular weight excluding hydrogens is 158 g/mol. The van der Waals surface area contributed by atoms with Crippen molar-refractivity contribution < 1.29 is 0 Å². The maximum Gasteiger partial charge on any atom is 0.00416 e. The largest absolute Gasteiger partial charge is 0.314 e. The number of unbranched alkanes of at least 4 members (excludes halogenated alkanes) is 1. The number of hydrogen-bond donors (Lipinski definition) is 1. The van der Waals surface area contributed by atoms with Gasteiger partial charge in [0.1, 0.15) is 0 Å². The minimum atomic E-state index is 0.669. The van der Waals surface area contributed by atoms with E-state index in [1.165, 1.54) is 37.8 Å². The van der Waals surface area contributed by atoms with Gasteiger partial charge in [0.05, 0.1) is 0 Å². The zero-order valence-corrected chi connectivity index (χ0v) is 9.69. The van der Waals surface area contributed by atoms with E-state index in [4.69, 9.17) is 0 Å². The molecular formula is C12H25N. The van der Waals surface area contributed by atoms with Crippen molar-refractivity contribution in [2.24, 2.45) is 0 Å². The van der Waals surface area contributed by atoms with Crippen LogP contribution in [-0.2, 0) is 0 Å². The van der Waals surface area contributed by atoms with E-state index in [9.17, 15) is 0 Å². The molecule has 0 aromatic carbocycles. The van der Waals surface area contributed by atoms with Crippen molar-refractivity contribution in [2.75, 3.05) is 6.54 Å². The molecule has 0 bridgehead atoms. The molecule has 0 aliphatic rings. The summed E-state index contributed by atoms with van der Waals surface area (Å²) < 4.78 is 0. The lowest BCUT2D eigenvalue weighted by Gasteiger charge is -2.11. The summed E-state index contributed by atoms with van der Waals surface area (Å²) in [5.74, 6) is 0. The highest BCUT2D eigenvalue weighted by molar-refractivity contribution is 4.93. The molecule has 0 heterocycles. The molecule has 0 unspecified atom stereocenters. The first kappa shape index (κ1) is 12.7. The van der Waals surface area contributed by atoms with E-state index in [2.05, 4.69) is 39.1 Å². The second kappa shape index (κ2) is 8.31. The molecule has 13 heavy (non-hydrogen) atoms. The highest BCUT2D eigenvalue weighted by atomic mass is 14.9. The third kappa shape index (κ3) is 9.62. The summed E-state index contributed by atoms with van der Waals surface area (Å²) in [7, 11) is 0. The fraction of sp³-hybridized carbons (Fsp3) is 0.833. The monoisotopic (exact) mass is 183 g/mol. The molecule has 0 radical (unpaired) electrons. The van der Waals surface area contributed by atoms with Crippen LogP contribution in [0.4, 0.5) is 0 Å². The predicted molar refractivity (Wildman–Crippen MR) is 61.0 cm³/mol. The molecule has 1 atom stereocenters. The Bertz CT molecular complexity index is 134. The van der Waals surface area contributed by atoms with Gasteiger partial charge in [0.25, 0.3) is 0 Å². The summed E-state index contributed by atoms with van der Waals surface area (Å²) in [5, 5.41) is 3.53. The molecule has 0 saturated heterocycles. The van der Waals surface area contributed by atoms with Gasteiger partial charge in [-0.05, 0) is 46.6 Å². The fourth-order valence-electron chi connectivity index (χ4n) is 1.25. The Morgan fingerprint density at radius 1 is 1.38 bits per heavy atom. The van der Waals surface area contributed by atoms with Gasteiger partial charge in [0.15, 0.2) is 0 Å². The molecule has 0 aliphatic heterocycles. The Hall–Kier alpha value is -0.300. The van der Waals surface area contributed by atoms with Gasteiger partial charge in [0, 0.05) is 6.04 Å². The van der Waals surface area contributed by atoms with E-state index in [0.717, 1.165) is 0 Å². The molecule has 1 heteroatoms. The molecule has 0 aromatic rings. The van der Waals surface area contributed by atoms with E-state index >= 15 is 0 Å². The van der Waals surface area contributed by atoms with Crippen LogP contribution in [0.2, 0.25) is 0 Å². The number of allylic oxidation sites excluding steroid dienone is 2. The van der Waals surface area contributed by atoms with Crippen molar-refractivity contribution in [3.63, 3.8) is 0 Å². The summed E-state index contributed by atoms with van der Waals surface area (Å²) in [6.07, 6.45) is 7.37. The van der Waals surface area contributed by atoms with Crippen LogP contribution < -0.4 is 5.32 Å². The summed E-state index contributed by atoms with van der Waals surface area (Å²) in [6, 6.07) is 0.669. The first-order valence-electron chi connectivity index (χ1n) is 5.53. The molecule has 0 spiro atoms. The minimum Gasteiger partial charge on any atom is -0.314 e. The molecule has 1 nitrogen and oxygen atoms in total. The van der Waals surface area contributed by atoms with Crippen molar-refractivity contribution in [3.05, 3.63) is 11.6 Å². The van der Waals surface area contributed by atoms with Crippen molar-refractivity contribution >= 4 is 0 Å². The Balaban J connectivity index is 3.30. The Labute approximate surface area is 83.6 Å². The lowest BCUT2D eigenvalue weighted by molar-refractivity contribution is 0.507. The fourth-order valence-corrected chi connectivity index (χ4v) is 1.25. The summed E-state index contributed by atoms with van der Waals surface area (Å²) >= 11 is 0. The van der Waals surface area contributed by atoms with Crippen LogP contribution >= 0.6 is 0 Å². The zero-order valence-electron chi connectivity index (χ0n) is 9.69. The molecule has 1 N–H and O–H groups in total. The summed E-state index contributed by atoms with van der Waals surface area (Å²) in [4.78, 5) is 0. The van der Waals surface area contributed by atoms with E-state index in [-0.39, 0.29) is 0 Å². The molecule has 0 saturated carbocycles. The minimum absolute atomic E-state index is 0.669. The molecule has 0 aromatic heterocycles. The molecule has 0 amide bonds. The van der Waals surface area contributed by atoms with Crippen LogP contribution in [0.5, 0.6) is 0 Å². The first-order valence-corrected chi connectivity index (χ1v) is 5.53. The Kier molecular flexibility index (Phi) is 8.11. The third-order valence-corrected chi connectivity index (χ3v) is 2.18. The molecule has 0 aliphatic carbocycles. The van der Waals surface area contributed by atoms with Crippen LogP contribution in [0.3, 0.4) is 0 Å². The van der Waals surface area contributed by atoms with Gasteiger partial charge in [-0.1, -0.05) is 25.0 Å². The second-order valence-electron chi connectivity index (χ2n) is 4.07. The Morgan fingerprint density at radius 3 is 2.62 bits per heavy atom. The summed E-state index contributed by atoms with van der Waals surface area (Å²) in [5.41, 5.74) is 1.43. The molecule has 0 rings (SSSR count). The van der Waals surface area contributed by atoms with Crippen molar-refractivity contribution in [1.29, 1.82) is 0 Å².